The highest BCUT2D eigenvalue weighted by Crippen LogP contribution is 2.25. The van der Waals surface area contributed by atoms with Crippen molar-refractivity contribution in [1.82, 2.24) is 4.90 Å². The number of nitrogens with zero attached hydrogens (tertiary/aromatic N) is 1. The Morgan fingerprint density at radius 1 is 0.931 bits per heavy atom. The fourth-order valence-electron chi connectivity index (χ4n) is 3.29. The molecule has 3 aromatic rings. The van der Waals surface area contributed by atoms with Crippen molar-refractivity contribution in [2.45, 2.75) is 13.5 Å². The number of amides is 3. The number of carbonyl (C=O) groups excluding carboxylic acids is 3. The van der Waals surface area contributed by atoms with Crippen molar-refractivity contribution >= 4 is 39.3 Å². The second-order valence-electron chi connectivity index (χ2n) is 6.85. The molecule has 1 aliphatic rings. The first-order valence-corrected chi connectivity index (χ1v) is 9.85. The van der Waals surface area contributed by atoms with Crippen LogP contribution in [0.15, 0.2) is 71.2 Å². The van der Waals surface area contributed by atoms with Crippen LogP contribution in [0, 0.1) is 6.92 Å². The number of nitrogens with one attached hydrogen (secondary N) is 1. The molecule has 0 unspecified atom stereocenters. The van der Waals surface area contributed by atoms with Gasteiger partial charge in [0.05, 0.1) is 17.7 Å². The number of fused-ring (bicyclic) bond motifs is 1. The average molecular weight is 449 g/mol. The summed E-state index contributed by atoms with van der Waals surface area (Å²) < 4.78 is 0.950. The zero-order chi connectivity index (χ0) is 20.5. The molecule has 5 nitrogen and oxygen atoms in total. The Morgan fingerprint density at radius 2 is 1.55 bits per heavy atom. The summed E-state index contributed by atoms with van der Waals surface area (Å²) in [5.74, 6) is -0.807. The van der Waals surface area contributed by atoms with Crippen LogP contribution >= 0.6 is 15.9 Å². The lowest BCUT2D eigenvalue weighted by atomic mass is 10.1. The third-order valence-electron chi connectivity index (χ3n) is 4.87. The van der Waals surface area contributed by atoms with Gasteiger partial charge in [0.25, 0.3) is 17.7 Å². The van der Waals surface area contributed by atoms with Crippen LogP contribution in [0.2, 0.25) is 0 Å². The highest BCUT2D eigenvalue weighted by atomic mass is 79.9. The van der Waals surface area contributed by atoms with E-state index in [2.05, 4.69) is 21.2 Å². The smallest absolute Gasteiger partial charge is 0.261 e. The summed E-state index contributed by atoms with van der Waals surface area (Å²) in [6.07, 6.45) is 0. The van der Waals surface area contributed by atoms with E-state index < -0.39 is 0 Å². The average Bonchev–Trinajstić information content (AvgIpc) is 2.96. The number of anilines is 1. The van der Waals surface area contributed by atoms with E-state index in [4.69, 9.17) is 0 Å². The summed E-state index contributed by atoms with van der Waals surface area (Å²) in [5, 5.41) is 2.89. The van der Waals surface area contributed by atoms with Gasteiger partial charge in [-0.25, -0.2) is 0 Å². The summed E-state index contributed by atoms with van der Waals surface area (Å²) in [4.78, 5) is 38.7. The highest BCUT2D eigenvalue weighted by Gasteiger charge is 2.34. The molecule has 0 radical (unpaired) electrons. The molecule has 0 saturated carbocycles. The maximum atomic E-state index is 12.5. The minimum atomic E-state index is -0.293. The van der Waals surface area contributed by atoms with E-state index in [-0.39, 0.29) is 24.3 Å². The molecule has 0 aromatic heterocycles. The van der Waals surface area contributed by atoms with E-state index in [1.54, 1.807) is 48.5 Å². The topological polar surface area (TPSA) is 66.5 Å². The molecule has 0 aliphatic carbocycles. The van der Waals surface area contributed by atoms with Gasteiger partial charge in [-0.2, -0.15) is 0 Å². The molecule has 3 amide bonds. The molecule has 0 spiro atoms. The first-order valence-electron chi connectivity index (χ1n) is 9.06. The Kier molecular flexibility index (Phi) is 5.03. The first-order chi connectivity index (χ1) is 13.9. The van der Waals surface area contributed by atoms with E-state index in [1.807, 2.05) is 25.1 Å². The Balaban J connectivity index is 1.46. The minimum Gasteiger partial charge on any atom is -0.322 e. The lowest BCUT2D eigenvalue weighted by Crippen LogP contribution is -2.29. The van der Waals surface area contributed by atoms with Gasteiger partial charge in [0.1, 0.15) is 0 Å². The minimum absolute atomic E-state index is 0.167. The number of hydrogen-bond acceptors (Lipinski definition) is 3. The van der Waals surface area contributed by atoms with Gasteiger partial charge in [0.2, 0.25) is 0 Å². The van der Waals surface area contributed by atoms with Gasteiger partial charge in [-0.15, -0.1) is 0 Å². The van der Waals surface area contributed by atoms with Crippen LogP contribution in [0.25, 0.3) is 0 Å². The summed E-state index contributed by atoms with van der Waals surface area (Å²) in [5.41, 5.74) is 3.83. The van der Waals surface area contributed by atoms with Gasteiger partial charge in [0.15, 0.2) is 0 Å². The zero-order valence-electron chi connectivity index (χ0n) is 15.6. The lowest BCUT2D eigenvalue weighted by molar-refractivity contribution is 0.0642. The third kappa shape index (κ3) is 3.71. The zero-order valence-corrected chi connectivity index (χ0v) is 17.2. The summed E-state index contributed by atoms with van der Waals surface area (Å²) >= 11 is 3.40. The monoisotopic (exact) mass is 448 g/mol. The predicted molar refractivity (Wildman–Crippen MR) is 114 cm³/mol. The summed E-state index contributed by atoms with van der Waals surface area (Å²) in [6, 6.07) is 19.3. The molecule has 6 heteroatoms. The second-order valence-corrected chi connectivity index (χ2v) is 7.77. The van der Waals surface area contributed by atoms with Gasteiger partial charge in [0, 0.05) is 15.7 Å². The van der Waals surface area contributed by atoms with Crippen LogP contribution in [-0.4, -0.2) is 22.6 Å². The van der Waals surface area contributed by atoms with Crippen molar-refractivity contribution in [1.29, 1.82) is 0 Å². The highest BCUT2D eigenvalue weighted by molar-refractivity contribution is 9.10. The SMILES string of the molecule is Cc1cc(Br)ccc1NC(=O)c1ccc(CN2C(=O)c3ccccc3C2=O)cc1. The Labute approximate surface area is 176 Å². The normalized spacial score (nSPS) is 12.8. The van der Waals surface area contributed by atoms with Crippen molar-refractivity contribution in [3.8, 4) is 0 Å². The van der Waals surface area contributed by atoms with Crippen molar-refractivity contribution in [2.75, 3.05) is 5.32 Å². The molecular formula is C23H17BrN2O3. The van der Waals surface area contributed by atoms with Crippen molar-refractivity contribution in [3.05, 3.63) is 99.0 Å². The standard InChI is InChI=1S/C23H17BrN2O3/c1-14-12-17(24)10-11-20(14)25-21(27)16-8-6-15(7-9-16)13-26-22(28)18-4-2-3-5-19(18)23(26)29/h2-12H,13H2,1H3,(H,25,27). The van der Waals surface area contributed by atoms with Gasteiger partial charge in [-0.3, -0.25) is 19.3 Å². The molecular weight excluding hydrogens is 432 g/mol. The number of benzene rings is 3. The lowest BCUT2D eigenvalue weighted by Gasteiger charge is -2.14. The molecule has 0 atom stereocenters. The molecule has 0 bridgehead atoms. The molecule has 0 fully saturated rings. The number of aryl methyl sites for hydroxylation is 1. The van der Waals surface area contributed by atoms with Crippen LogP contribution in [-0.2, 0) is 6.54 Å². The largest absolute Gasteiger partial charge is 0.322 e. The van der Waals surface area contributed by atoms with E-state index in [0.29, 0.717) is 16.7 Å². The van der Waals surface area contributed by atoms with E-state index >= 15 is 0 Å². The van der Waals surface area contributed by atoms with Crippen LogP contribution in [0.1, 0.15) is 42.2 Å². The molecule has 0 saturated heterocycles. The van der Waals surface area contributed by atoms with Crippen LogP contribution in [0.5, 0.6) is 0 Å². The fourth-order valence-corrected chi connectivity index (χ4v) is 3.76. The molecule has 1 heterocycles. The molecule has 3 aromatic carbocycles. The van der Waals surface area contributed by atoms with Crippen molar-refractivity contribution in [3.63, 3.8) is 0 Å². The fraction of sp³-hybridized carbons (Fsp3) is 0.0870. The van der Waals surface area contributed by atoms with Crippen LogP contribution in [0.4, 0.5) is 5.69 Å². The van der Waals surface area contributed by atoms with E-state index in [9.17, 15) is 14.4 Å². The first kappa shape index (κ1) is 19.1. The van der Waals surface area contributed by atoms with Gasteiger partial charge >= 0.3 is 0 Å². The number of hydrogen-bond donors (Lipinski definition) is 1. The Bertz CT molecular complexity index is 1100. The number of imide groups is 1. The van der Waals surface area contributed by atoms with E-state index in [0.717, 1.165) is 21.3 Å². The molecule has 4 rings (SSSR count). The van der Waals surface area contributed by atoms with Gasteiger partial charge < -0.3 is 5.32 Å². The van der Waals surface area contributed by atoms with Crippen molar-refractivity contribution < 1.29 is 14.4 Å². The predicted octanol–water partition coefficient (Wildman–Crippen LogP) is 4.81. The summed E-state index contributed by atoms with van der Waals surface area (Å²) in [7, 11) is 0. The Morgan fingerprint density at radius 3 is 2.14 bits per heavy atom. The quantitative estimate of drug-likeness (QED) is 0.582. The van der Waals surface area contributed by atoms with Crippen LogP contribution in [0.3, 0.4) is 0 Å². The number of carbonyl (C=O) groups is 3. The molecule has 29 heavy (non-hydrogen) atoms. The Hall–Kier alpha value is -3.25. The molecule has 144 valence electrons. The molecule has 1 N–H and O–H groups in total. The van der Waals surface area contributed by atoms with Gasteiger partial charge in [-0.1, -0.05) is 40.2 Å². The van der Waals surface area contributed by atoms with Crippen LogP contribution < -0.4 is 5.32 Å². The summed E-state index contributed by atoms with van der Waals surface area (Å²) in [6.45, 7) is 2.09. The second kappa shape index (κ2) is 7.64. The number of rotatable bonds is 4. The maximum absolute atomic E-state index is 12.5. The third-order valence-corrected chi connectivity index (χ3v) is 5.36. The molecule has 1 aliphatic heterocycles. The van der Waals surface area contributed by atoms with Crippen molar-refractivity contribution in [2.24, 2.45) is 0 Å². The number of halogens is 1. The van der Waals surface area contributed by atoms with Gasteiger partial charge in [-0.05, 0) is 60.5 Å². The van der Waals surface area contributed by atoms with E-state index in [1.165, 1.54) is 4.90 Å². The maximum Gasteiger partial charge on any atom is 0.261 e.